The summed E-state index contributed by atoms with van der Waals surface area (Å²) in [5.74, 6) is -1.82. The number of nitrogens with zero attached hydrogens (tertiary/aromatic N) is 1. The molecule has 0 saturated carbocycles. The van der Waals surface area contributed by atoms with Crippen molar-refractivity contribution >= 4 is 17.9 Å². The van der Waals surface area contributed by atoms with Crippen molar-refractivity contribution in [2.75, 3.05) is 41.0 Å². The van der Waals surface area contributed by atoms with Gasteiger partial charge in [-0.25, -0.2) is 0 Å². The van der Waals surface area contributed by atoms with Crippen LogP contribution in [-0.4, -0.2) is 75.5 Å². The zero-order valence-electron chi connectivity index (χ0n) is 39.5. The Morgan fingerprint density at radius 3 is 1.43 bits per heavy atom. The van der Waals surface area contributed by atoms with E-state index in [2.05, 4.69) is 98.9 Å². The summed E-state index contributed by atoms with van der Waals surface area (Å²) in [4.78, 5) is 36.9. The Morgan fingerprint density at radius 1 is 0.508 bits per heavy atom. The molecule has 0 aromatic rings. The Balaban J connectivity index is 4.42. The topological polar surface area (TPSA) is 102 Å². The third-order valence-electron chi connectivity index (χ3n) is 10.3. The number of carbonyl (C=O) groups is 3. The van der Waals surface area contributed by atoms with Crippen molar-refractivity contribution < 1.29 is 38.2 Å². The predicted octanol–water partition coefficient (Wildman–Crippen LogP) is 12.4. The van der Waals surface area contributed by atoms with Crippen LogP contribution in [0.3, 0.4) is 0 Å². The number of ether oxygens (including phenoxy) is 3. The van der Waals surface area contributed by atoms with E-state index in [1.54, 1.807) is 21.1 Å². The van der Waals surface area contributed by atoms with Gasteiger partial charge in [0.25, 0.3) is 0 Å². The summed E-state index contributed by atoms with van der Waals surface area (Å²) in [5, 5.41) is 11.6. The molecular formula is C53H89NO7. The lowest BCUT2D eigenvalue weighted by Gasteiger charge is -2.34. The average molecular weight is 852 g/mol. The van der Waals surface area contributed by atoms with Gasteiger partial charge in [-0.15, -0.1) is 0 Å². The maximum atomic E-state index is 12.7. The van der Waals surface area contributed by atoms with Gasteiger partial charge in [0.2, 0.25) is 0 Å². The number of esters is 2. The van der Waals surface area contributed by atoms with Crippen LogP contribution in [0.25, 0.3) is 0 Å². The lowest BCUT2D eigenvalue weighted by atomic mass is 10.1. The van der Waals surface area contributed by atoms with E-state index < -0.39 is 18.1 Å². The summed E-state index contributed by atoms with van der Waals surface area (Å²) in [7, 11) is 5.38. The number of quaternary nitrogens is 1. The Labute approximate surface area is 373 Å². The number of likely N-dealkylation sites (N-methyl/N-ethyl adjacent to an activating group) is 1. The smallest absolute Gasteiger partial charge is 0.306 e. The van der Waals surface area contributed by atoms with Gasteiger partial charge >= 0.3 is 11.9 Å². The van der Waals surface area contributed by atoms with Gasteiger partial charge in [-0.05, 0) is 83.5 Å². The number of unbranched alkanes of at least 4 members (excludes halogenated alkanes) is 14. The van der Waals surface area contributed by atoms with Crippen LogP contribution < -0.4 is 5.11 Å². The molecule has 2 atom stereocenters. The van der Waals surface area contributed by atoms with Crippen molar-refractivity contribution in [2.45, 2.75) is 193 Å². The largest absolute Gasteiger partial charge is 0.544 e. The highest BCUT2D eigenvalue weighted by Crippen LogP contribution is 2.13. The fraction of sp³-hybridized carbons (Fsp3) is 0.679. The minimum Gasteiger partial charge on any atom is -0.544 e. The molecule has 0 rings (SSSR count). The molecule has 0 bridgehead atoms. The lowest BCUT2D eigenvalue weighted by molar-refractivity contribution is -0.889. The molecule has 0 N–H and O–H groups in total. The second kappa shape index (κ2) is 43.2. The number of aliphatic carboxylic acids is 1. The molecule has 0 aromatic heterocycles. The van der Waals surface area contributed by atoms with E-state index in [1.165, 1.54) is 77.0 Å². The molecule has 0 saturated heterocycles. The molecule has 0 aliphatic carbocycles. The van der Waals surface area contributed by atoms with Crippen LogP contribution >= 0.6 is 0 Å². The SMILES string of the molecule is CC/C=C/C/C=C/C/C=C/C/C=C/C/C=C/C/C=C/CCCC(=O)OC(COCCC(C(=O)[O-])[N+](C)(C)C)COC(=O)CCCCCCCCC/C=C/CCCCCCCC. The van der Waals surface area contributed by atoms with E-state index in [-0.39, 0.29) is 49.1 Å². The zero-order chi connectivity index (χ0) is 44.9. The minimum absolute atomic E-state index is 0.0119. The van der Waals surface area contributed by atoms with Crippen molar-refractivity contribution in [3.63, 3.8) is 0 Å². The number of hydrogen-bond acceptors (Lipinski definition) is 7. The molecule has 0 heterocycles. The maximum absolute atomic E-state index is 12.7. The second-order valence-electron chi connectivity index (χ2n) is 17.0. The van der Waals surface area contributed by atoms with E-state index in [0.717, 1.165) is 64.2 Å². The maximum Gasteiger partial charge on any atom is 0.306 e. The normalized spacial score (nSPS) is 13.7. The van der Waals surface area contributed by atoms with Crippen molar-refractivity contribution in [3.8, 4) is 0 Å². The first-order valence-corrected chi connectivity index (χ1v) is 24.1. The molecule has 0 amide bonds. The van der Waals surface area contributed by atoms with Gasteiger partial charge in [0, 0.05) is 19.3 Å². The third-order valence-corrected chi connectivity index (χ3v) is 10.3. The monoisotopic (exact) mass is 852 g/mol. The Bertz CT molecular complexity index is 1270. The van der Waals surface area contributed by atoms with Gasteiger partial charge in [0.05, 0.1) is 40.3 Å². The van der Waals surface area contributed by atoms with E-state index in [0.29, 0.717) is 12.8 Å². The van der Waals surface area contributed by atoms with Crippen LogP contribution in [-0.2, 0) is 28.6 Å². The molecule has 0 aliphatic heterocycles. The first-order valence-electron chi connectivity index (χ1n) is 24.1. The van der Waals surface area contributed by atoms with Crippen molar-refractivity contribution in [1.29, 1.82) is 0 Å². The van der Waals surface area contributed by atoms with Crippen molar-refractivity contribution in [3.05, 3.63) is 85.1 Å². The highest BCUT2D eigenvalue weighted by atomic mass is 16.6. The van der Waals surface area contributed by atoms with Crippen LogP contribution in [0.5, 0.6) is 0 Å². The summed E-state index contributed by atoms with van der Waals surface area (Å²) in [6.45, 7) is 4.47. The quantitative estimate of drug-likeness (QED) is 0.0261. The van der Waals surface area contributed by atoms with Crippen LogP contribution in [0.2, 0.25) is 0 Å². The second-order valence-corrected chi connectivity index (χ2v) is 17.0. The van der Waals surface area contributed by atoms with Crippen molar-refractivity contribution in [1.82, 2.24) is 0 Å². The van der Waals surface area contributed by atoms with E-state index >= 15 is 0 Å². The van der Waals surface area contributed by atoms with Crippen LogP contribution in [0, 0.1) is 0 Å². The highest BCUT2D eigenvalue weighted by molar-refractivity contribution is 5.70. The number of carbonyl (C=O) groups excluding carboxylic acids is 3. The summed E-state index contributed by atoms with van der Waals surface area (Å²) in [6.07, 6.45) is 56.2. The summed E-state index contributed by atoms with van der Waals surface area (Å²) < 4.78 is 17.1. The number of carboxylic acid groups (broad SMARTS) is 1. The molecule has 348 valence electrons. The molecule has 0 aliphatic rings. The zero-order valence-corrected chi connectivity index (χ0v) is 39.5. The molecular weight excluding hydrogens is 763 g/mol. The third kappa shape index (κ3) is 41.6. The molecule has 0 radical (unpaired) electrons. The first-order chi connectivity index (χ1) is 29.6. The Kier molecular flexibility index (Phi) is 40.7. The molecule has 0 fully saturated rings. The van der Waals surface area contributed by atoms with Gasteiger partial charge in [-0.3, -0.25) is 9.59 Å². The van der Waals surface area contributed by atoms with Gasteiger partial charge < -0.3 is 28.6 Å². The van der Waals surface area contributed by atoms with E-state index in [9.17, 15) is 19.5 Å². The number of allylic oxidation sites excluding steroid dienone is 14. The average Bonchev–Trinajstić information content (AvgIpc) is 3.22. The fourth-order valence-electron chi connectivity index (χ4n) is 6.55. The highest BCUT2D eigenvalue weighted by Gasteiger charge is 2.25. The first kappa shape index (κ1) is 57.5. The molecule has 8 heteroatoms. The Morgan fingerprint density at radius 2 is 0.934 bits per heavy atom. The summed E-state index contributed by atoms with van der Waals surface area (Å²) >= 11 is 0. The number of hydrogen-bond donors (Lipinski definition) is 0. The van der Waals surface area contributed by atoms with Gasteiger partial charge in [-0.1, -0.05) is 163 Å². The van der Waals surface area contributed by atoms with E-state index in [4.69, 9.17) is 14.2 Å². The molecule has 0 spiro atoms. The van der Waals surface area contributed by atoms with Crippen LogP contribution in [0.4, 0.5) is 0 Å². The lowest BCUT2D eigenvalue weighted by Crippen LogP contribution is -2.55. The summed E-state index contributed by atoms with van der Waals surface area (Å²) in [6, 6.07) is -0.741. The molecule has 2 unspecified atom stereocenters. The summed E-state index contributed by atoms with van der Waals surface area (Å²) in [5.41, 5.74) is 0. The Hall–Kier alpha value is -3.49. The standard InChI is InChI=1S/C53H89NO7/c1-6-8-10-12-14-16-18-20-22-24-25-26-28-30-32-34-36-38-40-42-44-52(56)61-49(47-59-46-45-50(53(57)58)54(3,4)5)48-60-51(55)43-41-39-37-35-33-31-29-27-23-21-19-17-15-13-11-9-7-2/h8,10,14,16,20-23,25-26,30,32,36,38,49-50H,6-7,9,11-13,15,17-19,24,27-29,31,33-35,37,39-48H2,1-5H3/b10-8+,16-14+,22-20+,23-21+,26-25+,32-30+,38-36+. The molecule has 61 heavy (non-hydrogen) atoms. The number of rotatable bonds is 42. The molecule has 8 nitrogen and oxygen atoms in total. The number of carboxylic acids is 1. The van der Waals surface area contributed by atoms with Crippen molar-refractivity contribution in [2.24, 2.45) is 0 Å². The van der Waals surface area contributed by atoms with Crippen LogP contribution in [0.15, 0.2) is 85.1 Å². The van der Waals surface area contributed by atoms with Gasteiger partial charge in [0.15, 0.2) is 6.10 Å². The van der Waals surface area contributed by atoms with Gasteiger partial charge in [0.1, 0.15) is 12.6 Å². The predicted molar refractivity (Wildman–Crippen MR) is 254 cm³/mol. The van der Waals surface area contributed by atoms with E-state index in [1.807, 2.05) is 0 Å². The fourth-order valence-corrected chi connectivity index (χ4v) is 6.55. The van der Waals surface area contributed by atoms with Gasteiger partial charge in [-0.2, -0.15) is 0 Å². The van der Waals surface area contributed by atoms with Crippen LogP contribution in [0.1, 0.15) is 181 Å². The molecule has 0 aromatic carbocycles. The minimum atomic E-state index is -1.14.